The molecule has 2 N–H and O–H groups in total. The highest BCUT2D eigenvalue weighted by molar-refractivity contribution is 9.10. The van der Waals surface area contributed by atoms with E-state index in [0.717, 1.165) is 4.47 Å². The van der Waals surface area contributed by atoms with Crippen molar-refractivity contribution in [3.63, 3.8) is 0 Å². The smallest absolute Gasteiger partial charge is 0.325 e. The van der Waals surface area contributed by atoms with Crippen molar-refractivity contribution in [1.29, 1.82) is 0 Å². The Hall–Kier alpha value is -1.56. The van der Waals surface area contributed by atoms with Crippen molar-refractivity contribution in [2.45, 2.75) is 13.0 Å². The molecule has 0 bridgehead atoms. The molecule has 6 heteroatoms. The van der Waals surface area contributed by atoms with E-state index in [1.807, 2.05) is 6.07 Å². The standard InChI is InChI=1S/C11H12BrNO4/c1-7(11(15)16)13-10(14)6-17-9-5-3-2-4-8(9)12/h2-5,7H,6H2,1H3,(H,13,14)(H,15,16). The van der Waals surface area contributed by atoms with Crippen LogP contribution in [-0.4, -0.2) is 29.6 Å². The number of carbonyl (C=O) groups is 2. The highest BCUT2D eigenvalue weighted by Crippen LogP contribution is 2.23. The number of hydrogen-bond acceptors (Lipinski definition) is 3. The van der Waals surface area contributed by atoms with Crippen molar-refractivity contribution >= 4 is 27.8 Å². The molecule has 0 radical (unpaired) electrons. The van der Waals surface area contributed by atoms with Gasteiger partial charge in [-0.05, 0) is 35.0 Å². The summed E-state index contributed by atoms with van der Waals surface area (Å²) < 4.78 is 5.96. The third-order valence-corrected chi connectivity index (χ3v) is 2.60. The Morgan fingerprint density at radius 2 is 2.12 bits per heavy atom. The van der Waals surface area contributed by atoms with E-state index in [2.05, 4.69) is 21.2 Å². The number of benzene rings is 1. The molecule has 1 aromatic carbocycles. The van der Waals surface area contributed by atoms with Crippen molar-refractivity contribution in [3.05, 3.63) is 28.7 Å². The van der Waals surface area contributed by atoms with Gasteiger partial charge in [0.15, 0.2) is 6.61 Å². The van der Waals surface area contributed by atoms with E-state index in [0.29, 0.717) is 5.75 Å². The average molecular weight is 302 g/mol. The van der Waals surface area contributed by atoms with Gasteiger partial charge < -0.3 is 15.2 Å². The maximum atomic E-state index is 11.3. The molecule has 92 valence electrons. The normalized spacial score (nSPS) is 11.6. The summed E-state index contributed by atoms with van der Waals surface area (Å²) in [5.74, 6) is -1.03. The summed E-state index contributed by atoms with van der Waals surface area (Å²) in [6, 6.07) is 6.16. The molecule has 0 spiro atoms. The van der Waals surface area contributed by atoms with E-state index in [4.69, 9.17) is 9.84 Å². The summed E-state index contributed by atoms with van der Waals surface area (Å²) in [4.78, 5) is 21.8. The highest BCUT2D eigenvalue weighted by atomic mass is 79.9. The molecule has 1 amide bonds. The molecule has 1 unspecified atom stereocenters. The molecule has 1 aromatic rings. The average Bonchev–Trinajstić information content (AvgIpc) is 2.27. The summed E-state index contributed by atoms with van der Waals surface area (Å²) in [6.45, 7) is 1.17. The number of carboxylic acids is 1. The van der Waals surface area contributed by atoms with Crippen LogP contribution in [0.3, 0.4) is 0 Å². The number of ether oxygens (including phenoxy) is 1. The zero-order valence-corrected chi connectivity index (χ0v) is 10.7. The second-order valence-electron chi connectivity index (χ2n) is 3.35. The Morgan fingerprint density at radius 1 is 1.47 bits per heavy atom. The largest absolute Gasteiger partial charge is 0.483 e. The van der Waals surface area contributed by atoms with Crippen molar-refractivity contribution in [2.24, 2.45) is 0 Å². The van der Waals surface area contributed by atoms with E-state index in [1.54, 1.807) is 18.2 Å². The summed E-state index contributed by atoms with van der Waals surface area (Å²) in [7, 11) is 0. The molecule has 0 aliphatic heterocycles. The number of nitrogens with one attached hydrogen (secondary N) is 1. The number of carbonyl (C=O) groups excluding carboxylic acids is 1. The van der Waals surface area contributed by atoms with Crippen LogP contribution >= 0.6 is 15.9 Å². The SMILES string of the molecule is CC(NC(=O)COc1ccccc1Br)C(=O)O. The second-order valence-corrected chi connectivity index (χ2v) is 4.20. The minimum atomic E-state index is -1.08. The van der Waals surface area contributed by atoms with E-state index in [-0.39, 0.29) is 6.61 Å². The van der Waals surface area contributed by atoms with Crippen LogP contribution in [0.5, 0.6) is 5.75 Å². The van der Waals surface area contributed by atoms with Gasteiger partial charge in [0.25, 0.3) is 5.91 Å². The molecule has 0 saturated carbocycles. The Balaban J connectivity index is 2.44. The van der Waals surface area contributed by atoms with Gasteiger partial charge in [-0.3, -0.25) is 9.59 Å². The number of aliphatic carboxylic acids is 1. The fourth-order valence-electron chi connectivity index (χ4n) is 1.05. The van der Waals surface area contributed by atoms with Crippen LogP contribution in [0.25, 0.3) is 0 Å². The van der Waals surface area contributed by atoms with Gasteiger partial charge >= 0.3 is 5.97 Å². The summed E-state index contributed by atoms with van der Waals surface area (Å²) in [5, 5.41) is 10.9. The number of carboxylic acid groups (broad SMARTS) is 1. The van der Waals surface area contributed by atoms with Gasteiger partial charge in [-0.25, -0.2) is 0 Å². The Bertz CT molecular complexity index is 422. The van der Waals surface area contributed by atoms with Gasteiger partial charge in [0.2, 0.25) is 0 Å². The molecule has 5 nitrogen and oxygen atoms in total. The monoisotopic (exact) mass is 301 g/mol. The minimum absolute atomic E-state index is 0.222. The summed E-state index contributed by atoms with van der Waals surface area (Å²) in [6.07, 6.45) is 0. The first-order chi connectivity index (χ1) is 8.00. The van der Waals surface area contributed by atoms with E-state index in [1.165, 1.54) is 6.92 Å². The molecule has 0 aliphatic carbocycles. The van der Waals surface area contributed by atoms with Crippen LogP contribution in [0.2, 0.25) is 0 Å². The number of hydrogen-bond donors (Lipinski definition) is 2. The first kappa shape index (κ1) is 13.5. The minimum Gasteiger partial charge on any atom is -0.483 e. The Kier molecular flexibility index (Phi) is 4.96. The maximum Gasteiger partial charge on any atom is 0.325 e. The van der Waals surface area contributed by atoms with Crippen LogP contribution in [0, 0.1) is 0 Å². The molecule has 1 atom stereocenters. The summed E-state index contributed by atoms with van der Waals surface area (Å²) >= 11 is 3.27. The molecule has 0 aliphatic rings. The van der Waals surface area contributed by atoms with Gasteiger partial charge in [0, 0.05) is 0 Å². The molecule has 0 saturated heterocycles. The van der Waals surface area contributed by atoms with E-state index < -0.39 is 17.9 Å². The van der Waals surface area contributed by atoms with Crippen molar-refractivity contribution in [1.82, 2.24) is 5.32 Å². The molecular formula is C11H12BrNO4. The lowest BCUT2D eigenvalue weighted by atomic mass is 10.3. The van der Waals surface area contributed by atoms with Crippen LogP contribution < -0.4 is 10.1 Å². The van der Waals surface area contributed by atoms with Crippen LogP contribution in [0.15, 0.2) is 28.7 Å². The fourth-order valence-corrected chi connectivity index (χ4v) is 1.45. The van der Waals surface area contributed by atoms with Gasteiger partial charge in [-0.2, -0.15) is 0 Å². The molecular weight excluding hydrogens is 290 g/mol. The van der Waals surface area contributed by atoms with Crippen molar-refractivity contribution < 1.29 is 19.4 Å². The fraction of sp³-hybridized carbons (Fsp3) is 0.273. The second kappa shape index (κ2) is 6.24. The molecule has 0 heterocycles. The quantitative estimate of drug-likeness (QED) is 0.862. The molecule has 0 aromatic heterocycles. The van der Waals surface area contributed by atoms with Gasteiger partial charge in [0.05, 0.1) is 4.47 Å². The van der Waals surface area contributed by atoms with E-state index in [9.17, 15) is 9.59 Å². The van der Waals surface area contributed by atoms with E-state index >= 15 is 0 Å². The van der Waals surface area contributed by atoms with Crippen molar-refractivity contribution in [3.8, 4) is 5.75 Å². The topological polar surface area (TPSA) is 75.6 Å². The number of para-hydroxylation sites is 1. The lowest BCUT2D eigenvalue weighted by Crippen LogP contribution is -2.40. The highest BCUT2D eigenvalue weighted by Gasteiger charge is 2.14. The Morgan fingerprint density at radius 3 is 2.71 bits per heavy atom. The number of amides is 1. The van der Waals surface area contributed by atoms with Gasteiger partial charge in [-0.1, -0.05) is 12.1 Å². The van der Waals surface area contributed by atoms with Crippen molar-refractivity contribution in [2.75, 3.05) is 6.61 Å². The Labute approximate surface area is 107 Å². The third-order valence-electron chi connectivity index (χ3n) is 1.94. The third kappa shape index (κ3) is 4.44. The van der Waals surface area contributed by atoms with Gasteiger partial charge in [0.1, 0.15) is 11.8 Å². The predicted octanol–water partition coefficient (Wildman–Crippen LogP) is 1.42. The lowest BCUT2D eigenvalue weighted by Gasteiger charge is -2.10. The molecule has 17 heavy (non-hydrogen) atoms. The number of rotatable bonds is 5. The first-order valence-electron chi connectivity index (χ1n) is 4.90. The maximum absolute atomic E-state index is 11.3. The zero-order chi connectivity index (χ0) is 12.8. The van der Waals surface area contributed by atoms with Crippen LogP contribution in [-0.2, 0) is 9.59 Å². The molecule has 1 rings (SSSR count). The number of halogens is 1. The predicted molar refractivity (Wildman–Crippen MR) is 64.9 cm³/mol. The van der Waals surface area contributed by atoms with Crippen LogP contribution in [0.4, 0.5) is 0 Å². The first-order valence-corrected chi connectivity index (χ1v) is 5.69. The molecule has 0 fully saturated rings. The van der Waals surface area contributed by atoms with Crippen LogP contribution in [0.1, 0.15) is 6.92 Å². The lowest BCUT2D eigenvalue weighted by molar-refractivity contribution is -0.141. The summed E-state index contributed by atoms with van der Waals surface area (Å²) in [5.41, 5.74) is 0. The van der Waals surface area contributed by atoms with Gasteiger partial charge in [-0.15, -0.1) is 0 Å². The zero-order valence-electron chi connectivity index (χ0n) is 9.14.